The summed E-state index contributed by atoms with van der Waals surface area (Å²) in [5, 5.41) is 4.19. The zero-order valence-electron chi connectivity index (χ0n) is 9.68. The molecule has 0 spiro atoms. The summed E-state index contributed by atoms with van der Waals surface area (Å²) in [5.41, 5.74) is 2.26. The van der Waals surface area contributed by atoms with E-state index in [-0.39, 0.29) is 5.91 Å². The van der Waals surface area contributed by atoms with Gasteiger partial charge < -0.3 is 4.90 Å². The fourth-order valence-corrected chi connectivity index (χ4v) is 2.28. The van der Waals surface area contributed by atoms with E-state index in [2.05, 4.69) is 17.7 Å². The van der Waals surface area contributed by atoms with Crippen molar-refractivity contribution >= 4 is 18.5 Å². The highest BCUT2D eigenvalue weighted by Gasteiger charge is 2.28. The smallest absolute Gasteiger partial charge is 0.223 e. The standard InChI is InChI=1S/C11H17N3OS/c1-8-10(4-12-13(8)2)6-14-5-9(7-16)3-11(14)15/h4,9,16H,3,5-7H2,1-2H3. The first kappa shape index (κ1) is 11.5. The van der Waals surface area contributed by atoms with E-state index in [1.165, 1.54) is 0 Å². The molecule has 1 saturated heterocycles. The predicted molar refractivity (Wildman–Crippen MR) is 65.3 cm³/mol. The molecular formula is C11H17N3OS. The summed E-state index contributed by atoms with van der Waals surface area (Å²) < 4.78 is 1.84. The Hall–Kier alpha value is -0.970. The molecule has 1 atom stereocenters. The maximum absolute atomic E-state index is 11.7. The average Bonchev–Trinajstić information content (AvgIpc) is 2.77. The monoisotopic (exact) mass is 239 g/mol. The fourth-order valence-electron chi connectivity index (χ4n) is 2.03. The van der Waals surface area contributed by atoms with Crippen molar-refractivity contribution in [2.75, 3.05) is 12.3 Å². The third-order valence-electron chi connectivity index (χ3n) is 3.25. The van der Waals surface area contributed by atoms with Crippen LogP contribution in [0.5, 0.6) is 0 Å². The van der Waals surface area contributed by atoms with Gasteiger partial charge in [-0.1, -0.05) is 0 Å². The lowest BCUT2D eigenvalue weighted by molar-refractivity contribution is -0.128. The largest absolute Gasteiger partial charge is 0.338 e. The van der Waals surface area contributed by atoms with Crippen LogP contribution in [0.2, 0.25) is 0 Å². The van der Waals surface area contributed by atoms with Gasteiger partial charge >= 0.3 is 0 Å². The van der Waals surface area contributed by atoms with Gasteiger partial charge in [-0.25, -0.2) is 0 Å². The zero-order chi connectivity index (χ0) is 11.7. The van der Waals surface area contributed by atoms with Gasteiger partial charge in [0.2, 0.25) is 5.91 Å². The van der Waals surface area contributed by atoms with Crippen LogP contribution >= 0.6 is 12.6 Å². The Labute approximate surface area is 101 Å². The van der Waals surface area contributed by atoms with Crippen molar-refractivity contribution in [1.82, 2.24) is 14.7 Å². The quantitative estimate of drug-likeness (QED) is 0.799. The lowest BCUT2D eigenvalue weighted by atomic mass is 10.1. The number of nitrogens with zero attached hydrogens (tertiary/aromatic N) is 3. The topological polar surface area (TPSA) is 38.1 Å². The van der Waals surface area contributed by atoms with Gasteiger partial charge in [0.05, 0.1) is 6.20 Å². The Morgan fingerprint density at radius 3 is 2.88 bits per heavy atom. The number of hydrogen-bond donors (Lipinski definition) is 1. The Morgan fingerprint density at radius 2 is 2.38 bits per heavy atom. The third kappa shape index (κ3) is 2.09. The van der Waals surface area contributed by atoms with Crippen LogP contribution in [0.25, 0.3) is 0 Å². The minimum absolute atomic E-state index is 0.238. The first-order chi connectivity index (χ1) is 7.61. The van der Waals surface area contributed by atoms with E-state index >= 15 is 0 Å². The van der Waals surface area contributed by atoms with Crippen molar-refractivity contribution in [2.24, 2.45) is 13.0 Å². The number of aromatic nitrogens is 2. The molecule has 4 nitrogen and oxygen atoms in total. The number of rotatable bonds is 3. The van der Waals surface area contributed by atoms with Crippen LogP contribution in [0, 0.1) is 12.8 Å². The van der Waals surface area contributed by atoms with Crippen LogP contribution in [-0.2, 0) is 18.4 Å². The first-order valence-corrected chi connectivity index (χ1v) is 6.11. The molecule has 1 amide bonds. The van der Waals surface area contributed by atoms with Crippen LogP contribution < -0.4 is 0 Å². The summed E-state index contributed by atoms with van der Waals surface area (Å²) in [6, 6.07) is 0. The Kier molecular flexibility index (Phi) is 3.23. The van der Waals surface area contributed by atoms with Gasteiger partial charge in [0, 0.05) is 37.8 Å². The Balaban J connectivity index is 2.05. The van der Waals surface area contributed by atoms with E-state index in [1.807, 2.05) is 29.7 Å². The van der Waals surface area contributed by atoms with E-state index in [1.54, 1.807) is 0 Å². The van der Waals surface area contributed by atoms with Crippen molar-refractivity contribution in [2.45, 2.75) is 19.9 Å². The molecule has 16 heavy (non-hydrogen) atoms. The minimum Gasteiger partial charge on any atom is -0.338 e. The van der Waals surface area contributed by atoms with Gasteiger partial charge in [0.25, 0.3) is 0 Å². The second-order valence-corrected chi connectivity index (χ2v) is 4.77. The predicted octanol–water partition coefficient (Wildman–Crippen LogP) is 1.01. The maximum Gasteiger partial charge on any atom is 0.223 e. The number of likely N-dealkylation sites (tertiary alicyclic amines) is 1. The van der Waals surface area contributed by atoms with Gasteiger partial charge in [-0.05, 0) is 18.6 Å². The second kappa shape index (κ2) is 4.49. The molecule has 2 heterocycles. The highest BCUT2D eigenvalue weighted by molar-refractivity contribution is 7.80. The molecule has 5 heteroatoms. The van der Waals surface area contributed by atoms with Crippen molar-refractivity contribution in [3.63, 3.8) is 0 Å². The first-order valence-electron chi connectivity index (χ1n) is 5.48. The molecule has 1 fully saturated rings. The number of aryl methyl sites for hydroxylation is 1. The van der Waals surface area contributed by atoms with Crippen molar-refractivity contribution in [1.29, 1.82) is 0 Å². The van der Waals surface area contributed by atoms with Crippen LogP contribution in [-0.4, -0.2) is 32.9 Å². The molecule has 1 aliphatic rings. The number of carbonyl (C=O) groups excluding carboxylic acids is 1. The van der Waals surface area contributed by atoms with Gasteiger partial charge in [-0.15, -0.1) is 0 Å². The summed E-state index contributed by atoms with van der Waals surface area (Å²) >= 11 is 4.25. The molecule has 1 aromatic rings. The lowest BCUT2D eigenvalue weighted by Gasteiger charge is -2.15. The molecule has 0 aliphatic carbocycles. The van der Waals surface area contributed by atoms with Crippen LogP contribution in [0.4, 0.5) is 0 Å². The van der Waals surface area contributed by atoms with E-state index in [0.29, 0.717) is 18.9 Å². The summed E-state index contributed by atoms with van der Waals surface area (Å²) in [5.74, 6) is 1.43. The minimum atomic E-state index is 0.238. The van der Waals surface area contributed by atoms with Gasteiger partial charge in [0.15, 0.2) is 0 Å². The summed E-state index contributed by atoms with van der Waals surface area (Å²) in [6.45, 7) is 3.54. The van der Waals surface area contributed by atoms with Crippen LogP contribution in [0.3, 0.4) is 0 Å². The van der Waals surface area contributed by atoms with E-state index in [4.69, 9.17) is 0 Å². The highest BCUT2D eigenvalue weighted by atomic mass is 32.1. The molecule has 0 saturated carbocycles. The number of amides is 1. The Bertz CT molecular complexity index is 402. The lowest BCUT2D eigenvalue weighted by Crippen LogP contribution is -2.25. The van der Waals surface area contributed by atoms with E-state index in [9.17, 15) is 4.79 Å². The summed E-state index contributed by atoms with van der Waals surface area (Å²) in [7, 11) is 1.92. The van der Waals surface area contributed by atoms with E-state index < -0.39 is 0 Å². The van der Waals surface area contributed by atoms with Crippen molar-refractivity contribution in [3.8, 4) is 0 Å². The highest BCUT2D eigenvalue weighted by Crippen LogP contribution is 2.21. The number of thiol groups is 1. The molecule has 88 valence electrons. The molecule has 0 radical (unpaired) electrons. The Morgan fingerprint density at radius 1 is 1.62 bits per heavy atom. The SMILES string of the molecule is Cc1c(CN2CC(CS)CC2=O)cnn1C. The van der Waals surface area contributed by atoms with Crippen molar-refractivity contribution in [3.05, 3.63) is 17.5 Å². The average molecular weight is 239 g/mol. The normalized spacial score (nSPS) is 20.8. The summed E-state index contributed by atoms with van der Waals surface area (Å²) in [4.78, 5) is 13.6. The molecule has 0 bridgehead atoms. The molecule has 1 aromatic heterocycles. The molecule has 1 unspecified atom stereocenters. The molecule has 0 N–H and O–H groups in total. The zero-order valence-corrected chi connectivity index (χ0v) is 10.6. The van der Waals surface area contributed by atoms with Crippen molar-refractivity contribution < 1.29 is 4.79 Å². The van der Waals surface area contributed by atoms with Gasteiger partial charge in [-0.2, -0.15) is 17.7 Å². The van der Waals surface area contributed by atoms with Crippen LogP contribution in [0.15, 0.2) is 6.20 Å². The maximum atomic E-state index is 11.7. The number of hydrogen-bond acceptors (Lipinski definition) is 3. The van der Waals surface area contributed by atoms with E-state index in [0.717, 1.165) is 23.6 Å². The van der Waals surface area contributed by atoms with Gasteiger partial charge in [0.1, 0.15) is 0 Å². The molecule has 0 aromatic carbocycles. The van der Waals surface area contributed by atoms with Crippen LogP contribution in [0.1, 0.15) is 17.7 Å². The molecule has 2 rings (SSSR count). The van der Waals surface area contributed by atoms with Gasteiger partial charge in [-0.3, -0.25) is 9.48 Å². The molecule has 1 aliphatic heterocycles. The third-order valence-corrected chi connectivity index (χ3v) is 3.77. The number of carbonyl (C=O) groups is 1. The summed E-state index contributed by atoms with van der Waals surface area (Å²) in [6.07, 6.45) is 2.49. The fraction of sp³-hybridized carbons (Fsp3) is 0.636. The second-order valence-electron chi connectivity index (χ2n) is 4.41. The molecular weight excluding hydrogens is 222 g/mol.